The minimum atomic E-state index is 0.0527. The smallest absolute Gasteiger partial charge is 0.309 e. The fraction of sp³-hybridized carbons (Fsp3) is 0.562. The number of hydrogen-bond donors (Lipinski definition) is 0. The molecule has 1 atom stereocenters. The number of esters is 1. The van der Waals surface area contributed by atoms with E-state index in [9.17, 15) is 4.79 Å². The highest BCUT2D eigenvalue weighted by Crippen LogP contribution is 2.28. The largest absolute Gasteiger partial charge is 0.462 e. The van der Waals surface area contributed by atoms with Crippen LogP contribution in [0.5, 0.6) is 0 Å². The van der Waals surface area contributed by atoms with Crippen molar-refractivity contribution in [2.24, 2.45) is 5.92 Å². The first-order valence-electron chi connectivity index (χ1n) is 7.10. The summed E-state index contributed by atoms with van der Waals surface area (Å²) in [7, 11) is 0. The average Bonchev–Trinajstić information content (AvgIpc) is 2.92. The van der Waals surface area contributed by atoms with Crippen LogP contribution in [0.2, 0.25) is 0 Å². The molecular formula is C16H20O2. The molecule has 1 aromatic rings. The fourth-order valence-electron chi connectivity index (χ4n) is 3.19. The molecular weight excluding hydrogens is 224 g/mol. The molecule has 0 saturated heterocycles. The van der Waals surface area contributed by atoms with Crippen LogP contribution < -0.4 is 0 Å². The first-order chi connectivity index (χ1) is 8.83. The Bertz CT molecular complexity index is 432. The van der Waals surface area contributed by atoms with Gasteiger partial charge in [0.25, 0.3) is 0 Å². The first-order valence-corrected chi connectivity index (χ1v) is 7.10. The molecule has 2 nitrogen and oxygen atoms in total. The van der Waals surface area contributed by atoms with Gasteiger partial charge in [-0.2, -0.15) is 0 Å². The predicted octanol–water partition coefficient (Wildman–Crippen LogP) is 3.28. The number of ether oxygens (including phenoxy) is 1. The van der Waals surface area contributed by atoms with Gasteiger partial charge in [-0.25, -0.2) is 0 Å². The van der Waals surface area contributed by atoms with Gasteiger partial charge in [-0.05, 0) is 36.8 Å². The third kappa shape index (κ3) is 2.43. The molecule has 0 amide bonds. The molecule has 2 aliphatic rings. The molecule has 2 heteroatoms. The zero-order valence-electron chi connectivity index (χ0n) is 10.7. The van der Waals surface area contributed by atoms with Crippen molar-refractivity contribution >= 4 is 5.97 Å². The monoisotopic (exact) mass is 244 g/mol. The highest BCUT2D eigenvalue weighted by molar-refractivity contribution is 5.73. The standard InChI is InChI=1S/C16H20O2/c17-16(13-6-2-3-7-13)18-15-10-9-12-5-1-4-8-14(12)11-15/h1,4-5,8,13,15H,2-3,6-7,9-11H2. The molecule has 1 aromatic carbocycles. The molecule has 96 valence electrons. The summed E-state index contributed by atoms with van der Waals surface area (Å²) in [5, 5.41) is 0. The fourth-order valence-corrected chi connectivity index (χ4v) is 3.19. The Morgan fingerprint density at radius 3 is 2.56 bits per heavy atom. The molecule has 0 spiro atoms. The van der Waals surface area contributed by atoms with Crippen LogP contribution >= 0.6 is 0 Å². The molecule has 0 aliphatic heterocycles. The van der Waals surface area contributed by atoms with Gasteiger partial charge in [0.1, 0.15) is 6.10 Å². The summed E-state index contributed by atoms with van der Waals surface area (Å²) in [4.78, 5) is 12.0. The molecule has 2 aliphatic carbocycles. The summed E-state index contributed by atoms with van der Waals surface area (Å²) >= 11 is 0. The topological polar surface area (TPSA) is 26.3 Å². The molecule has 18 heavy (non-hydrogen) atoms. The van der Waals surface area contributed by atoms with E-state index in [-0.39, 0.29) is 18.0 Å². The minimum absolute atomic E-state index is 0.0527. The van der Waals surface area contributed by atoms with Crippen molar-refractivity contribution in [3.8, 4) is 0 Å². The molecule has 1 saturated carbocycles. The lowest BCUT2D eigenvalue weighted by Gasteiger charge is -2.25. The average molecular weight is 244 g/mol. The SMILES string of the molecule is O=C(OC1CCc2ccccc2C1)C1CCCC1. The lowest BCUT2D eigenvalue weighted by molar-refractivity contribution is -0.154. The van der Waals surface area contributed by atoms with Crippen LogP contribution in [-0.2, 0) is 22.4 Å². The maximum atomic E-state index is 12.0. The van der Waals surface area contributed by atoms with E-state index in [4.69, 9.17) is 4.74 Å². The highest BCUT2D eigenvalue weighted by Gasteiger charge is 2.28. The summed E-state index contributed by atoms with van der Waals surface area (Å²) in [6.07, 6.45) is 7.46. The Kier molecular flexibility index (Phi) is 3.35. The molecule has 0 N–H and O–H groups in total. The van der Waals surface area contributed by atoms with E-state index in [1.807, 2.05) is 0 Å². The zero-order valence-corrected chi connectivity index (χ0v) is 10.7. The number of carbonyl (C=O) groups excluding carboxylic acids is 1. The van der Waals surface area contributed by atoms with Crippen LogP contribution in [0.4, 0.5) is 0 Å². The van der Waals surface area contributed by atoms with Crippen LogP contribution in [0.15, 0.2) is 24.3 Å². The van der Waals surface area contributed by atoms with Gasteiger partial charge in [-0.15, -0.1) is 0 Å². The van der Waals surface area contributed by atoms with E-state index in [1.54, 1.807) is 0 Å². The third-order valence-electron chi connectivity index (χ3n) is 4.27. The second-order valence-electron chi connectivity index (χ2n) is 5.55. The number of aryl methyl sites for hydroxylation is 1. The van der Waals surface area contributed by atoms with Crippen molar-refractivity contribution in [2.45, 2.75) is 51.0 Å². The molecule has 3 rings (SSSR count). The Morgan fingerprint density at radius 1 is 1.06 bits per heavy atom. The van der Waals surface area contributed by atoms with Crippen LogP contribution in [0.25, 0.3) is 0 Å². The lowest BCUT2D eigenvalue weighted by atomic mass is 9.90. The Hall–Kier alpha value is -1.31. The quantitative estimate of drug-likeness (QED) is 0.746. The first kappa shape index (κ1) is 11.8. The van der Waals surface area contributed by atoms with Gasteiger partial charge in [0.05, 0.1) is 5.92 Å². The summed E-state index contributed by atoms with van der Waals surface area (Å²) in [5.74, 6) is 0.235. The van der Waals surface area contributed by atoms with Crippen molar-refractivity contribution in [3.63, 3.8) is 0 Å². The summed E-state index contributed by atoms with van der Waals surface area (Å²) < 4.78 is 5.69. The van der Waals surface area contributed by atoms with Gasteiger partial charge in [0.15, 0.2) is 0 Å². The Morgan fingerprint density at radius 2 is 1.78 bits per heavy atom. The van der Waals surface area contributed by atoms with Gasteiger partial charge in [-0.1, -0.05) is 37.1 Å². The van der Waals surface area contributed by atoms with E-state index < -0.39 is 0 Å². The molecule has 0 aromatic heterocycles. The van der Waals surface area contributed by atoms with Crippen LogP contribution in [-0.4, -0.2) is 12.1 Å². The van der Waals surface area contributed by atoms with Crippen LogP contribution in [0, 0.1) is 5.92 Å². The van der Waals surface area contributed by atoms with E-state index in [0.717, 1.165) is 32.1 Å². The molecule has 0 bridgehead atoms. The van der Waals surface area contributed by atoms with Gasteiger partial charge < -0.3 is 4.74 Å². The number of carbonyl (C=O) groups is 1. The number of hydrogen-bond acceptors (Lipinski definition) is 2. The Balaban J connectivity index is 1.60. The third-order valence-corrected chi connectivity index (χ3v) is 4.27. The lowest BCUT2D eigenvalue weighted by Crippen LogP contribution is -2.28. The van der Waals surface area contributed by atoms with Crippen molar-refractivity contribution in [1.29, 1.82) is 0 Å². The van der Waals surface area contributed by atoms with Gasteiger partial charge in [0.2, 0.25) is 0 Å². The normalized spacial score (nSPS) is 23.7. The summed E-state index contributed by atoms with van der Waals surface area (Å²) in [6, 6.07) is 8.50. The van der Waals surface area contributed by atoms with Crippen molar-refractivity contribution in [3.05, 3.63) is 35.4 Å². The van der Waals surface area contributed by atoms with Crippen LogP contribution in [0.1, 0.15) is 43.2 Å². The number of benzene rings is 1. The summed E-state index contributed by atoms with van der Waals surface area (Å²) in [6.45, 7) is 0. The van der Waals surface area contributed by atoms with Crippen molar-refractivity contribution in [1.82, 2.24) is 0 Å². The predicted molar refractivity (Wildman–Crippen MR) is 70.3 cm³/mol. The van der Waals surface area contributed by atoms with E-state index in [1.165, 1.54) is 24.0 Å². The maximum absolute atomic E-state index is 12.0. The van der Waals surface area contributed by atoms with Gasteiger partial charge in [-0.3, -0.25) is 4.79 Å². The van der Waals surface area contributed by atoms with E-state index in [0.29, 0.717) is 0 Å². The second-order valence-corrected chi connectivity index (χ2v) is 5.55. The zero-order chi connectivity index (χ0) is 12.4. The van der Waals surface area contributed by atoms with E-state index >= 15 is 0 Å². The van der Waals surface area contributed by atoms with Crippen molar-refractivity contribution in [2.75, 3.05) is 0 Å². The maximum Gasteiger partial charge on any atom is 0.309 e. The summed E-state index contributed by atoms with van der Waals surface area (Å²) in [5.41, 5.74) is 2.78. The van der Waals surface area contributed by atoms with Crippen molar-refractivity contribution < 1.29 is 9.53 Å². The van der Waals surface area contributed by atoms with Crippen LogP contribution in [0.3, 0.4) is 0 Å². The molecule has 0 radical (unpaired) electrons. The Labute approximate surface area is 108 Å². The van der Waals surface area contributed by atoms with Gasteiger partial charge in [0, 0.05) is 6.42 Å². The minimum Gasteiger partial charge on any atom is -0.462 e. The number of fused-ring (bicyclic) bond motifs is 1. The molecule has 0 heterocycles. The number of rotatable bonds is 2. The van der Waals surface area contributed by atoms with Gasteiger partial charge >= 0.3 is 5.97 Å². The highest BCUT2D eigenvalue weighted by atomic mass is 16.5. The second kappa shape index (κ2) is 5.13. The molecule has 1 fully saturated rings. The molecule has 1 unspecified atom stereocenters. The van der Waals surface area contributed by atoms with E-state index in [2.05, 4.69) is 24.3 Å².